The highest BCUT2D eigenvalue weighted by Crippen LogP contribution is 2.17. The molecule has 108 valence electrons. The minimum absolute atomic E-state index is 0.343. The Bertz CT molecular complexity index is 726. The molecule has 5 heteroatoms. The third-order valence-electron chi connectivity index (χ3n) is 3.18. The topological polar surface area (TPSA) is 72.2 Å². The van der Waals surface area contributed by atoms with Crippen molar-refractivity contribution in [3.8, 4) is 0 Å². The van der Waals surface area contributed by atoms with Crippen molar-refractivity contribution in [3.63, 3.8) is 0 Å². The van der Waals surface area contributed by atoms with Gasteiger partial charge in [0.25, 0.3) is 5.91 Å². The Balaban J connectivity index is 2.25. The summed E-state index contributed by atoms with van der Waals surface area (Å²) in [7, 11) is 0. The van der Waals surface area contributed by atoms with Gasteiger partial charge in [0.15, 0.2) is 0 Å². The molecule has 0 aliphatic carbocycles. The van der Waals surface area contributed by atoms with Gasteiger partial charge in [0.1, 0.15) is 5.82 Å². The van der Waals surface area contributed by atoms with E-state index in [0.29, 0.717) is 22.4 Å². The molecule has 3 N–H and O–H groups in total. The van der Waals surface area contributed by atoms with Gasteiger partial charge in [0, 0.05) is 16.8 Å². The Labute approximate surface area is 121 Å². The van der Waals surface area contributed by atoms with E-state index in [1.165, 1.54) is 24.3 Å². The average Bonchev–Trinajstić information content (AvgIpc) is 2.43. The number of nitrogens with two attached hydrogens (primary N) is 1. The van der Waals surface area contributed by atoms with Gasteiger partial charge in [-0.05, 0) is 55.3 Å². The van der Waals surface area contributed by atoms with E-state index in [2.05, 4.69) is 5.32 Å². The van der Waals surface area contributed by atoms with Crippen LogP contribution in [0, 0.1) is 19.7 Å². The molecule has 0 saturated carbocycles. The fourth-order valence-corrected chi connectivity index (χ4v) is 1.95. The van der Waals surface area contributed by atoms with Gasteiger partial charge >= 0.3 is 0 Å². The molecule has 0 bridgehead atoms. The molecule has 0 saturated heterocycles. The molecule has 4 nitrogen and oxygen atoms in total. The first kappa shape index (κ1) is 14.7. The number of nitrogens with one attached hydrogen (secondary N) is 1. The summed E-state index contributed by atoms with van der Waals surface area (Å²) in [5.41, 5.74) is 7.55. The van der Waals surface area contributed by atoms with E-state index in [0.717, 1.165) is 5.56 Å². The summed E-state index contributed by atoms with van der Waals surface area (Å²) in [6, 6.07) is 9.01. The van der Waals surface area contributed by atoms with Crippen LogP contribution < -0.4 is 11.1 Å². The Kier molecular flexibility index (Phi) is 4.03. The monoisotopic (exact) mass is 286 g/mol. The number of benzene rings is 2. The van der Waals surface area contributed by atoms with Crippen molar-refractivity contribution in [1.29, 1.82) is 0 Å². The normalized spacial score (nSPS) is 10.2. The Morgan fingerprint density at radius 3 is 2.38 bits per heavy atom. The third kappa shape index (κ3) is 3.25. The van der Waals surface area contributed by atoms with Gasteiger partial charge in [-0.3, -0.25) is 9.59 Å². The number of aryl methyl sites for hydroxylation is 2. The summed E-state index contributed by atoms with van der Waals surface area (Å²) in [4.78, 5) is 23.4. The lowest BCUT2D eigenvalue weighted by Gasteiger charge is -2.09. The maximum atomic E-state index is 13.2. The minimum Gasteiger partial charge on any atom is -0.366 e. The van der Waals surface area contributed by atoms with E-state index in [1.54, 1.807) is 26.0 Å². The van der Waals surface area contributed by atoms with Crippen LogP contribution in [0.5, 0.6) is 0 Å². The number of amides is 2. The molecular formula is C16H15FN2O2. The van der Waals surface area contributed by atoms with E-state index >= 15 is 0 Å². The zero-order valence-electron chi connectivity index (χ0n) is 11.7. The molecule has 2 aromatic rings. The molecule has 0 spiro atoms. The zero-order valence-corrected chi connectivity index (χ0v) is 11.7. The van der Waals surface area contributed by atoms with Gasteiger partial charge in [0.05, 0.1) is 0 Å². The smallest absolute Gasteiger partial charge is 0.255 e. The van der Waals surface area contributed by atoms with E-state index in [-0.39, 0.29) is 11.7 Å². The number of hydrogen-bond acceptors (Lipinski definition) is 2. The summed E-state index contributed by atoms with van der Waals surface area (Å²) in [6.45, 7) is 3.35. The van der Waals surface area contributed by atoms with Crippen LogP contribution >= 0.6 is 0 Å². The number of carbonyl (C=O) groups is 2. The molecule has 2 rings (SSSR count). The molecule has 0 atom stereocenters. The highest BCUT2D eigenvalue weighted by Gasteiger charge is 2.10. The molecular weight excluding hydrogens is 271 g/mol. The van der Waals surface area contributed by atoms with Crippen LogP contribution in [0.4, 0.5) is 10.1 Å². The number of rotatable bonds is 3. The molecule has 0 aliphatic heterocycles. The Hall–Kier alpha value is -2.69. The lowest BCUT2D eigenvalue weighted by molar-refractivity contribution is 0.0995. The second-order valence-corrected chi connectivity index (χ2v) is 4.81. The van der Waals surface area contributed by atoms with Gasteiger partial charge in [0.2, 0.25) is 5.91 Å². The molecule has 0 aliphatic rings. The molecule has 0 radical (unpaired) electrons. The number of primary amides is 1. The van der Waals surface area contributed by atoms with Crippen LogP contribution in [0.3, 0.4) is 0 Å². The van der Waals surface area contributed by atoms with Crippen molar-refractivity contribution < 1.29 is 14.0 Å². The number of halogens is 1. The third-order valence-corrected chi connectivity index (χ3v) is 3.18. The first-order valence-corrected chi connectivity index (χ1v) is 6.36. The first-order chi connectivity index (χ1) is 9.88. The summed E-state index contributed by atoms with van der Waals surface area (Å²) in [6.07, 6.45) is 0. The average molecular weight is 286 g/mol. The fraction of sp³-hybridized carbons (Fsp3) is 0.125. The van der Waals surface area contributed by atoms with E-state index in [1.807, 2.05) is 0 Å². The van der Waals surface area contributed by atoms with Crippen LogP contribution in [0.1, 0.15) is 31.8 Å². The van der Waals surface area contributed by atoms with Gasteiger partial charge in [-0.15, -0.1) is 0 Å². The number of anilines is 1. The second kappa shape index (κ2) is 5.75. The van der Waals surface area contributed by atoms with Gasteiger partial charge < -0.3 is 11.1 Å². The maximum Gasteiger partial charge on any atom is 0.255 e. The number of hydrogen-bond donors (Lipinski definition) is 2. The maximum absolute atomic E-state index is 13.2. The van der Waals surface area contributed by atoms with Crippen LogP contribution in [0.15, 0.2) is 36.4 Å². The van der Waals surface area contributed by atoms with Gasteiger partial charge in [-0.25, -0.2) is 4.39 Å². The predicted octanol–water partition coefficient (Wildman–Crippen LogP) is 2.79. The lowest BCUT2D eigenvalue weighted by Crippen LogP contribution is -2.15. The summed E-state index contributed by atoms with van der Waals surface area (Å²) in [5, 5.41) is 2.66. The molecule has 21 heavy (non-hydrogen) atoms. The zero-order chi connectivity index (χ0) is 15.6. The van der Waals surface area contributed by atoms with Crippen molar-refractivity contribution in [2.45, 2.75) is 13.8 Å². The highest BCUT2D eigenvalue weighted by atomic mass is 19.1. The highest BCUT2D eigenvalue weighted by molar-refractivity contribution is 6.05. The first-order valence-electron chi connectivity index (χ1n) is 6.36. The largest absolute Gasteiger partial charge is 0.366 e. The van der Waals surface area contributed by atoms with Crippen LogP contribution in [-0.4, -0.2) is 11.8 Å². The quantitative estimate of drug-likeness (QED) is 0.910. The predicted molar refractivity (Wildman–Crippen MR) is 78.8 cm³/mol. The van der Waals surface area contributed by atoms with Crippen molar-refractivity contribution in [2.24, 2.45) is 5.73 Å². The minimum atomic E-state index is -0.554. The van der Waals surface area contributed by atoms with Crippen molar-refractivity contribution in [1.82, 2.24) is 0 Å². The molecule has 2 amide bonds. The molecule has 0 fully saturated rings. The van der Waals surface area contributed by atoms with Crippen molar-refractivity contribution in [2.75, 3.05) is 5.32 Å². The Morgan fingerprint density at radius 2 is 1.76 bits per heavy atom. The summed E-state index contributed by atoms with van der Waals surface area (Å²) in [5.74, 6) is -1.29. The molecule has 0 unspecified atom stereocenters. The van der Waals surface area contributed by atoms with Crippen LogP contribution in [0.25, 0.3) is 0 Å². The molecule has 2 aromatic carbocycles. The fourth-order valence-electron chi connectivity index (χ4n) is 1.95. The standard InChI is InChI=1S/C16H15FN2O2/c1-9-3-5-12(8-13(9)15(18)20)19-16(21)11-4-6-14(17)10(2)7-11/h3-8H,1-2H3,(H2,18,20)(H,19,21). The van der Waals surface area contributed by atoms with Crippen molar-refractivity contribution in [3.05, 3.63) is 64.5 Å². The van der Waals surface area contributed by atoms with Crippen LogP contribution in [0.2, 0.25) is 0 Å². The van der Waals surface area contributed by atoms with E-state index in [4.69, 9.17) is 5.73 Å². The molecule has 0 aromatic heterocycles. The summed E-state index contributed by atoms with van der Waals surface area (Å²) >= 11 is 0. The van der Waals surface area contributed by atoms with Crippen LogP contribution in [-0.2, 0) is 0 Å². The molecule has 0 heterocycles. The SMILES string of the molecule is Cc1cc(C(=O)Nc2ccc(C)c(C(N)=O)c2)ccc1F. The second-order valence-electron chi connectivity index (χ2n) is 4.81. The lowest BCUT2D eigenvalue weighted by atomic mass is 10.1. The Morgan fingerprint density at radius 1 is 1.05 bits per heavy atom. The van der Waals surface area contributed by atoms with E-state index < -0.39 is 5.91 Å². The van der Waals surface area contributed by atoms with Crippen molar-refractivity contribution >= 4 is 17.5 Å². The number of carbonyl (C=O) groups excluding carboxylic acids is 2. The van der Waals surface area contributed by atoms with Gasteiger partial charge in [-0.2, -0.15) is 0 Å². The van der Waals surface area contributed by atoms with E-state index in [9.17, 15) is 14.0 Å². The van der Waals surface area contributed by atoms with Gasteiger partial charge in [-0.1, -0.05) is 6.07 Å². The summed E-state index contributed by atoms with van der Waals surface area (Å²) < 4.78 is 13.2.